The number of hydrogen-bond donors (Lipinski definition) is 0. The van der Waals surface area contributed by atoms with Gasteiger partial charge in [-0.15, -0.1) is 0 Å². The van der Waals surface area contributed by atoms with E-state index in [2.05, 4.69) is 50.2 Å². The Morgan fingerprint density at radius 3 is 2.51 bits per heavy atom. The highest BCUT2D eigenvalue weighted by Gasteiger charge is 2.35. The highest BCUT2D eigenvalue weighted by molar-refractivity contribution is 14.1. The lowest BCUT2D eigenvalue weighted by Gasteiger charge is -2.26. The molecule has 0 bridgehead atoms. The Bertz CT molecular complexity index is 1550. The number of aromatic nitrogens is 1. The first-order valence-corrected chi connectivity index (χ1v) is 14.6. The van der Waals surface area contributed by atoms with E-state index in [1.165, 1.54) is 11.3 Å². The Morgan fingerprint density at radius 2 is 1.89 bits per heavy atom. The fourth-order valence-electron chi connectivity index (χ4n) is 4.16. The minimum Gasteiger partial charge on any atom is -0.495 e. The van der Waals surface area contributed by atoms with Crippen molar-refractivity contribution in [3.63, 3.8) is 0 Å². The number of allylic oxidation sites excluding steroid dienone is 1. The van der Waals surface area contributed by atoms with Crippen LogP contribution >= 0.6 is 56.5 Å². The summed E-state index contributed by atoms with van der Waals surface area (Å²) in [5.74, 6) is 0.908. The second-order valence-corrected chi connectivity index (χ2v) is 11.9. The summed E-state index contributed by atoms with van der Waals surface area (Å²) in [4.78, 5) is 32.2. The number of ether oxygens (including phenoxy) is 3. The van der Waals surface area contributed by atoms with Gasteiger partial charge < -0.3 is 14.2 Å². The zero-order valence-electron chi connectivity index (χ0n) is 21.0. The molecule has 3 aromatic rings. The Kier molecular flexibility index (Phi) is 8.79. The number of hydrogen-bond acceptors (Lipinski definition) is 7. The van der Waals surface area contributed by atoms with E-state index in [1.807, 2.05) is 56.3 Å². The van der Waals surface area contributed by atoms with Crippen LogP contribution in [0.25, 0.3) is 6.08 Å². The van der Waals surface area contributed by atoms with Crippen molar-refractivity contribution < 1.29 is 19.0 Å². The van der Waals surface area contributed by atoms with Crippen LogP contribution < -0.4 is 24.4 Å². The lowest BCUT2D eigenvalue weighted by Crippen LogP contribution is -2.40. The molecule has 0 N–H and O–H groups in total. The monoisotopic (exact) mass is 744 g/mol. The molecule has 0 radical (unpaired) electrons. The van der Waals surface area contributed by atoms with E-state index in [-0.39, 0.29) is 18.3 Å². The molecule has 2 heterocycles. The molecular formula is C27H26I2N2O5S. The molecule has 1 aliphatic rings. The van der Waals surface area contributed by atoms with Gasteiger partial charge in [-0.1, -0.05) is 29.5 Å². The third-order valence-electron chi connectivity index (χ3n) is 5.62. The summed E-state index contributed by atoms with van der Waals surface area (Å²) in [7, 11) is 1.64. The van der Waals surface area contributed by atoms with Gasteiger partial charge in [-0.3, -0.25) is 9.36 Å². The zero-order chi connectivity index (χ0) is 26.9. The van der Waals surface area contributed by atoms with Crippen molar-refractivity contribution >= 4 is 68.6 Å². The summed E-state index contributed by atoms with van der Waals surface area (Å²) in [6.45, 7) is 7.62. The van der Waals surface area contributed by atoms with Crippen molar-refractivity contribution in [1.82, 2.24) is 4.57 Å². The van der Waals surface area contributed by atoms with Crippen molar-refractivity contribution in [1.29, 1.82) is 0 Å². The van der Waals surface area contributed by atoms with E-state index in [9.17, 15) is 9.59 Å². The van der Waals surface area contributed by atoms with Gasteiger partial charge in [0.2, 0.25) is 0 Å². The van der Waals surface area contributed by atoms with Crippen LogP contribution in [-0.4, -0.2) is 30.4 Å². The fraction of sp³-hybridized carbons (Fsp3) is 0.296. The van der Waals surface area contributed by atoms with Crippen LogP contribution in [-0.2, 0) is 9.53 Å². The van der Waals surface area contributed by atoms with Crippen LogP contribution in [0.2, 0.25) is 0 Å². The summed E-state index contributed by atoms with van der Waals surface area (Å²) < 4.78 is 21.0. The second-order valence-electron chi connectivity index (χ2n) is 8.52. The Balaban J connectivity index is 1.97. The van der Waals surface area contributed by atoms with E-state index in [1.54, 1.807) is 25.5 Å². The number of esters is 1. The van der Waals surface area contributed by atoms with Gasteiger partial charge >= 0.3 is 5.97 Å². The van der Waals surface area contributed by atoms with Crippen LogP contribution in [0.4, 0.5) is 0 Å². The second kappa shape index (κ2) is 11.7. The van der Waals surface area contributed by atoms with Crippen molar-refractivity contribution in [2.45, 2.75) is 39.8 Å². The predicted octanol–water partition coefficient (Wildman–Crippen LogP) is 4.80. The van der Waals surface area contributed by atoms with Gasteiger partial charge in [0.15, 0.2) is 4.80 Å². The van der Waals surface area contributed by atoms with Crippen molar-refractivity contribution in [2.75, 3.05) is 13.7 Å². The number of thiazole rings is 1. The molecule has 2 aromatic carbocycles. The lowest BCUT2D eigenvalue weighted by molar-refractivity contribution is -0.139. The van der Waals surface area contributed by atoms with E-state index in [0.717, 1.165) is 18.5 Å². The predicted molar refractivity (Wildman–Crippen MR) is 161 cm³/mol. The van der Waals surface area contributed by atoms with Crippen LogP contribution in [0.15, 0.2) is 57.5 Å². The van der Waals surface area contributed by atoms with Gasteiger partial charge in [-0.05, 0) is 103 Å². The Morgan fingerprint density at radius 1 is 1.22 bits per heavy atom. The molecule has 0 unspecified atom stereocenters. The molecular weight excluding hydrogens is 718 g/mol. The van der Waals surface area contributed by atoms with E-state index in [0.29, 0.717) is 31.9 Å². The molecule has 10 heteroatoms. The number of halogens is 2. The third kappa shape index (κ3) is 5.65. The molecule has 0 amide bonds. The molecule has 0 saturated heterocycles. The maximum Gasteiger partial charge on any atom is 0.338 e. The number of carbonyl (C=O) groups excluding carboxylic acids is 1. The molecule has 0 spiro atoms. The zero-order valence-corrected chi connectivity index (χ0v) is 26.1. The number of nitrogens with zero attached hydrogens (tertiary/aromatic N) is 2. The number of para-hydroxylation sites is 1. The maximum atomic E-state index is 13.9. The van der Waals surface area contributed by atoms with E-state index < -0.39 is 12.0 Å². The molecule has 0 fully saturated rings. The fourth-order valence-corrected chi connectivity index (χ4v) is 7.47. The molecule has 37 heavy (non-hydrogen) atoms. The molecule has 0 aliphatic carbocycles. The Labute approximate surface area is 246 Å². The Hall–Kier alpha value is -2.19. The number of carbonyl (C=O) groups is 1. The number of methoxy groups -OCH3 is 1. The van der Waals surface area contributed by atoms with Gasteiger partial charge in [0.1, 0.15) is 17.5 Å². The number of benzene rings is 2. The molecule has 1 aliphatic heterocycles. The average Bonchev–Trinajstić information content (AvgIpc) is 3.12. The quantitative estimate of drug-likeness (QED) is 0.257. The first-order chi connectivity index (χ1) is 17.7. The first-order valence-electron chi connectivity index (χ1n) is 11.6. The van der Waals surface area contributed by atoms with Gasteiger partial charge in [0.05, 0.1) is 42.8 Å². The van der Waals surface area contributed by atoms with Gasteiger partial charge in [-0.25, -0.2) is 9.79 Å². The first kappa shape index (κ1) is 27.8. The number of rotatable bonds is 7. The number of fused-ring (bicyclic) bond motifs is 1. The SMILES string of the molecule is CCOC(=O)C1=C(C)N=c2s/c(=C/c3cc(I)c(OC)c(I)c3)c(=O)n2[C@H]1c1ccccc1OC(C)C. The van der Waals surface area contributed by atoms with Crippen molar-refractivity contribution in [2.24, 2.45) is 4.99 Å². The summed E-state index contributed by atoms with van der Waals surface area (Å²) in [6.07, 6.45) is 1.76. The van der Waals surface area contributed by atoms with E-state index in [4.69, 9.17) is 14.2 Å². The largest absolute Gasteiger partial charge is 0.495 e. The summed E-state index contributed by atoms with van der Waals surface area (Å²) in [6, 6.07) is 10.7. The van der Waals surface area contributed by atoms with Gasteiger partial charge in [0.25, 0.3) is 5.56 Å². The van der Waals surface area contributed by atoms with Crippen LogP contribution in [0.1, 0.15) is 44.9 Å². The van der Waals surface area contributed by atoms with Gasteiger partial charge in [-0.2, -0.15) is 0 Å². The summed E-state index contributed by atoms with van der Waals surface area (Å²) in [5, 5.41) is 0. The van der Waals surface area contributed by atoms with Crippen molar-refractivity contribution in [3.8, 4) is 11.5 Å². The highest BCUT2D eigenvalue weighted by atomic mass is 127. The molecule has 194 valence electrons. The normalized spacial score (nSPS) is 15.5. The molecule has 1 atom stereocenters. The summed E-state index contributed by atoms with van der Waals surface area (Å²) in [5.41, 5.74) is 2.19. The highest BCUT2D eigenvalue weighted by Crippen LogP contribution is 2.36. The lowest BCUT2D eigenvalue weighted by atomic mass is 9.95. The minimum atomic E-state index is -0.733. The third-order valence-corrected chi connectivity index (χ3v) is 8.20. The van der Waals surface area contributed by atoms with Crippen LogP contribution in [0.3, 0.4) is 0 Å². The summed E-state index contributed by atoms with van der Waals surface area (Å²) >= 11 is 5.74. The molecule has 0 saturated carbocycles. The molecule has 1 aromatic heterocycles. The van der Waals surface area contributed by atoms with Gasteiger partial charge in [0, 0.05) is 5.56 Å². The molecule has 4 rings (SSSR count). The standard InChI is InChI=1S/C27H26I2N2O5S/c1-6-35-26(33)22-15(4)30-27-31(23(22)17-9-7-8-10-20(17)36-14(2)3)25(32)21(37-27)13-16-11-18(28)24(34-5)19(29)12-16/h7-14,23H,6H2,1-5H3/b21-13+/t23-/m0/s1. The average molecular weight is 744 g/mol. The smallest absolute Gasteiger partial charge is 0.338 e. The molecule has 7 nitrogen and oxygen atoms in total. The maximum absolute atomic E-state index is 13.9. The van der Waals surface area contributed by atoms with Crippen LogP contribution in [0.5, 0.6) is 11.5 Å². The van der Waals surface area contributed by atoms with E-state index >= 15 is 0 Å². The van der Waals surface area contributed by atoms with Crippen molar-refractivity contribution in [3.05, 3.63) is 85.6 Å². The minimum absolute atomic E-state index is 0.0897. The topological polar surface area (TPSA) is 79.1 Å². The van der Waals surface area contributed by atoms with Crippen LogP contribution in [0, 0.1) is 7.14 Å².